The summed E-state index contributed by atoms with van der Waals surface area (Å²) < 4.78 is 13.0. The molecule has 4 saturated carbocycles. The van der Waals surface area contributed by atoms with E-state index in [-0.39, 0.29) is 5.41 Å². The lowest BCUT2D eigenvalue weighted by atomic mass is 9.42. The van der Waals surface area contributed by atoms with E-state index >= 15 is 0 Å². The highest BCUT2D eigenvalue weighted by molar-refractivity contribution is 7.70. The Morgan fingerprint density at radius 2 is 0.743 bits per heavy atom. The molecule has 0 unspecified atom stereocenters. The molecule has 0 aliphatic heterocycles. The van der Waals surface area contributed by atoms with E-state index in [1.807, 2.05) is 31.5 Å². The molecule has 0 atom stereocenters. The Bertz CT molecular complexity index is 3550. The van der Waals surface area contributed by atoms with Gasteiger partial charge in [-0.05, 0) is 135 Å². The molecule has 5 heteroatoms. The van der Waals surface area contributed by atoms with E-state index in [1.165, 1.54) is 81.5 Å². The number of hydrogen-bond acceptors (Lipinski definition) is 4. The smallest absolute Gasteiger partial charge is 0.164 e. The maximum atomic E-state index is 13.0. The fourth-order valence-electron chi connectivity index (χ4n) is 13.5. The summed E-state index contributed by atoms with van der Waals surface area (Å²) in [6, 6.07) is 74.6. The van der Waals surface area contributed by atoms with Crippen molar-refractivity contribution in [3.8, 4) is 67.5 Å². The van der Waals surface area contributed by atoms with Crippen molar-refractivity contribution in [2.24, 2.45) is 23.7 Å². The monoisotopic (exact) mass is 923 g/mol. The minimum Gasteiger partial charge on any atom is -0.319 e. The molecule has 0 amide bonds. The first kappa shape index (κ1) is 42.8. The third-order valence-corrected chi connectivity index (χ3v) is 17.9. The van der Waals surface area contributed by atoms with Gasteiger partial charge >= 0.3 is 0 Å². The number of nitrogens with zero attached hydrogens (tertiary/aromatic N) is 3. The van der Waals surface area contributed by atoms with Crippen molar-refractivity contribution in [3.63, 3.8) is 0 Å². The van der Waals surface area contributed by atoms with Crippen LogP contribution < -0.4 is 5.30 Å². The zero-order chi connectivity index (χ0) is 47.0. The highest BCUT2D eigenvalue weighted by Gasteiger charge is 2.58. The average Bonchev–Trinajstić information content (AvgIpc) is 3.40. The summed E-state index contributed by atoms with van der Waals surface area (Å²) >= 11 is 0. The number of aromatic nitrogens is 3. The van der Waals surface area contributed by atoms with Crippen molar-refractivity contribution in [1.29, 1.82) is 0 Å². The van der Waals surface area contributed by atoms with Crippen molar-refractivity contribution < 1.29 is 4.57 Å². The first-order valence-electron chi connectivity index (χ1n) is 25.1. The molecule has 4 fully saturated rings. The summed E-state index contributed by atoms with van der Waals surface area (Å²) in [4.78, 5) is 15.6. The van der Waals surface area contributed by atoms with Crippen LogP contribution >= 0.6 is 7.14 Å². The standard InChI is InChI=1S/C65H54N3OP/c1-70(2,69)53-35-29-46(30-36-53)61-57-22-12-10-20-55(57)60(56-21-11-13-23-58(56)61)45-25-31-49(32-26-45)65(51-38-42-37-43(40-51)41-52(65)39-42)50-33-27-48(28-34-50)63-66-62(47-17-7-4-8-18-47)67-64(68-63)59-24-14-9-19-54(59)44-15-5-3-6-16-44/h3-36,42-43,51-52H,37-41H2,1-2H3. The Labute approximate surface area is 411 Å². The van der Waals surface area contributed by atoms with Gasteiger partial charge in [-0.15, -0.1) is 0 Å². The molecule has 4 aliphatic carbocycles. The van der Waals surface area contributed by atoms with Gasteiger partial charge < -0.3 is 4.57 Å². The number of rotatable bonds is 9. The Hall–Kier alpha value is -7.26. The Morgan fingerprint density at radius 3 is 1.21 bits per heavy atom. The molecule has 14 rings (SSSR count). The molecule has 0 N–H and O–H groups in total. The summed E-state index contributed by atoms with van der Waals surface area (Å²) in [7, 11) is -2.38. The largest absolute Gasteiger partial charge is 0.319 e. The number of benzene rings is 9. The van der Waals surface area contributed by atoms with E-state index in [2.05, 4.69) is 188 Å². The van der Waals surface area contributed by atoms with Crippen LogP contribution in [0.5, 0.6) is 0 Å². The molecule has 340 valence electrons. The van der Waals surface area contributed by atoms with E-state index in [0.717, 1.165) is 50.5 Å². The molecule has 10 aromatic rings. The van der Waals surface area contributed by atoms with Crippen LogP contribution in [0.4, 0.5) is 0 Å². The SMILES string of the molecule is CP(C)(=O)c1ccc(-c2c3ccccc3c(-c3ccc(C4(c5ccc(-c6nc(-c7ccccc7)nc(-c7ccccc7-c7ccccc7)n6)cc5)C5CC6CC(C5)CC4C6)cc3)c3ccccc23)cc1. The zero-order valence-electron chi connectivity index (χ0n) is 39.7. The Balaban J connectivity index is 0.920. The summed E-state index contributed by atoms with van der Waals surface area (Å²) in [5.74, 6) is 4.84. The molecule has 1 aromatic heterocycles. The van der Waals surface area contributed by atoms with E-state index in [1.54, 1.807) is 0 Å². The van der Waals surface area contributed by atoms with Crippen LogP contribution in [-0.2, 0) is 9.98 Å². The predicted octanol–water partition coefficient (Wildman–Crippen LogP) is 16.2. The normalized spacial score (nSPS) is 20.5. The number of hydrogen-bond donors (Lipinski definition) is 0. The summed E-state index contributed by atoms with van der Waals surface area (Å²) in [5.41, 5.74) is 12.8. The lowest BCUT2D eigenvalue weighted by Gasteiger charge is -2.62. The van der Waals surface area contributed by atoms with Crippen LogP contribution in [0, 0.1) is 23.7 Å². The average molecular weight is 924 g/mol. The van der Waals surface area contributed by atoms with Gasteiger partial charge in [0.25, 0.3) is 0 Å². The van der Waals surface area contributed by atoms with Crippen LogP contribution in [0.1, 0.15) is 43.2 Å². The highest BCUT2D eigenvalue weighted by Crippen LogP contribution is 2.65. The van der Waals surface area contributed by atoms with Crippen molar-refractivity contribution in [1.82, 2.24) is 15.0 Å². The lowest BCUT2D eigenvalue weighted by molar-refractivity contribution is -0.0418. The van der Waals surface area contributed by atoms with Gasteiger partial charge in [0.05, 0.1) is 0 Å². The number of fused-ring (bicyclic) bond motifs is 2. The summed E-state index contributed by atoms with van der Waals surface area (Å²) in [6.45, 7) is 3.69. The molecule has 0 radical (unpaired) electrons. The Kier molecular flexibility index (Phi) is 10.4. The second-order valence-corrected chi connectivity index (χ2v) is 23.9. The van der Waals surface area contributed by atoms with Crippen LogP contribution in [0.25, 0.3) is 89.1 Å². The molecule has 70 heavy (non-hydrogen) atoms. The van der Waals surface area contributed by atoms with E-state index in [0.29, 0.717) is 29.3 Å². The maximum Gasteiger partial charge on any atom is 0.164 e. The third-order valence-electron chi connectivity index (χ3n) is 16.3. The van der Waals surface area contributed by atoms with Crippen molar-refractivity contribution in [3.05, 3.63) is 217 Å². The highest BCUT2D eigenvalue weighted by atomic mass is 31.2. The van der Waals surface area contributed by atoms with Gasteiger partial charge in [-0.2, -0.15) is 0 Å². The quantitative estimate of drug-likeness (QED) is 0.107. The minimum absolute atomic E-state index is 0.0837. The molecule has 4 bridgehead atoms. The zero-order valence-corrected chi connectivity index (χ0v) is 40.6. The molecule has 0 spiro atoms. The fourth-order valence-corrected chi connectivity index (χ4v) is 14.3. The molecule has 4 aliphatic rings. The van der Waals surface area contributed by atoms with Crippen molar-refractivity contribution in [2.75, 3.05) is 13.3 Å². The van der Waals surface area contributed by atoms with Gasteiger partial charge in [-0.3, -0.25) is 0 Å². The van der Waals surface area contributed by atoms with Crippen LogP contribution in [-0.4, -0.2) is 28.3 Å². The first-order chi connectivity index (χ1) is 34.3. The van der Waals surface area contributed by atoms with Crippen LogP contribution in [0.3, 0.4) is 0 Å². The van der Waals surface area contributed by atoms with E-state index in [4.69, 9.17) is 15.0 Å². The van der Waals surface area contributed by atoms with Gasteiger partial charge in [-0.1, -0.05) is 206 Å². The topological polar surface area (TPSA) is 55.7 Å². The van der Waals surface area contributed by atoms with E-state index < -0.39 is 7.14 Å². The van der Waals surface area contributed by atoms with Crippen LogP contribution in [0.15, 0.2) is 206 Å². The van der Waals surface area contributed by atoms with Gasteiger partial charge in [0.15, 0.2) is 17.5 Å². The Morgan fingerprint density at radius 1 is 0.371 bits per heavy atom. The van der Waals surface area contributed by atoms with Crippen molar-refractivity contribution >= 4 is 34.0 Å². The van der Waals surface area contributed by atoms with E-state index in [9.17, 15) is 4.57 Å². The molecular formula is C65H54N3OP. The second-order valence-electron chi connectivity index (χ2n) is 20.7. The minimum atomic E-state index is -2.38. The second kappa shape index (κ2) is 17.0. The molecule has 1 heterocycles. The molecular weight excluding hydrogens is 870 g/mol. The molecule has 9 aromatic carbocycles. The fraction of sp³-hybridized carbons (Fsp3) is 0.185. The van der Waals surface area contributed by atoms with Crippen molar-refractivity contribution in [2.45, 2.75) is 37.5 Å². The third kappa shape index (κ3) is 7.18. The summed E-state index contributed by atoms with van der Waals surface area (Å²) in [5, 5.41) is 5.84. The molecule has 0 saturated heterocycles. The van der Waals surface area contributed by atoms with Gasteiger partial charge in [-0.25, -0.2) is 15.0 Å². The first-order valence-corrected chi connectivity index (χ1v) is 27.7. The predicted molar refractivity (Wildman–Crippen MR) is 291 cm³/mol. The van der Waals surface area contributed by atoms with Crippen LogP contribution in [0.2, 0.25) is 0 Å². The van der Waals surface area contributed by atoms with Gasteiger partial charge in [0.2, 0.25) is 0 Å². The van der Waals surface area contributed by atoms with Gasteiger partial charge in [0, 0.05) is 27.4 Å². The molecule has 4 nitrogen and oxygen atoms in total. The van der Waals surface area contributed by atoms with Gasteiger partial charge in [0.1, 0.15) is 7.14 Å². The lowest BCUT2D eigenvalue weighted by Crippen LogP contribution is -2.56. The summed E-state index contributed by atoms with van der Waals surface area (Å²) in [6.07, 6.45) is 6.57. The maximum absolute atomic E-state index is 13.0.